The molecule has 640 valence electrons. The fourth-order valence-electron chi connectivity index (χ4n) is 15.6. The van der Waals surface area contributed by atoms with Gasteiger partial charge in [-0.3, -0.25) is 33.3 Å². The summed E-state index contributed by atoms with van der Waals surface area (Å²) < 4.78 is 56.5. The summed E-state index contributed by atoms with van der Waals surface area (Å²) in [5.41, 5.74) is 0. The Kier molecular flexibility index (Phi) is 65.7. The number of nitrogens with one attached hydrogen (secondary N) is 1. The standard InChI is InChI=1S/C89H167N2O17P/c1-7-13-19-25-31-37-43-49-55-63-76(103-82(95)66-58-52-46-40-34-28-22-16-10-4)70-80(93)90-86-88(107-85(98)72-78(65-57-51-45-39-33-27-21-15-9-3)105-84(97)68-60-54-48-42-36-30-24-18-12-6)87(108-109(99,100)101)79(73-92)106-89(86)102-74-75-62-61-69-91(75)81(94)71-77(64-56-50-44-38-32-26-20-14-8-2)104-83(96)67-59-53-47-41-35-29-23-17-11-5/h75-79,86-89,92H,7-74H2,1-6H3,(H,90,93)(H2,99,100,101)/t75?,76-,77-,78-,79-,86-,87?,88-,89?/m1/s1. The molecule has 0 aromatic rings. The Hall–Kier alpha value is -3.19. The normalized spacial score (nSPS) is 18.2. The summed E-state index contributed by atoms with van der Waals surface area (Å²) in [5, 5.41) is 14.1. The molecule has 0 bridgehead atoms. The van der Waals surface area contributed by atoms with Crippen LogP contribution in [0.25, 0.3) is 0 Å². The van der Waals surface area contributed by atoms with Gasteiger partial charge in [0.2, 0.25) is 11.8 Å². The van der Waals surface area contributed by atoms with Crippen LogP contribution in [0.3, 0.4) is 0 Å². The number of esters is 4. The molecule has 4 N–H and O–H groups in total. The molecule has 2 saturated heterocycles. The van der Waals surface area contributed by atoms with Gasteiger partial charge >= 0.3 is 31.7 Å². The molecule has 0 aliphatic carbocycles. The number of nitrogens with zero attached hydrogens (tertiary/aromatic N) is 1. The molecule has 2 rings (SSSR count). The zero-order chi connectivity index (χ0) is 79.5. The fourth-order valence-corrected chi connectivity index (χ4v) is 16.2. The molecule has 2 aliphatic rings. The number of phosphoric acid groups is 1. The van der Waals surface area contributed by atoms with Crippen molar-refractivity contribution in [2.45, 2.75) is 514 Å². The maximum Gasteiger partial charge on any atom is 0.470 e. The molecule has 0 aromatic heterocycles. The van der Waals surface area contributed by atoms with Gasteiger partial charge in [-0.2, -0.15) is 0 Å². The van der Waals surface area contributed by atoms with Crippen LogP contribution >= 0.6 is 7.82 Å². The topological polar surface area (TPSA) is 260 Å². The number of hydrogen-bond donors (Lipinski definition) is 4. The van der Waals surface area contributed by atoms with Crippen LogP contribution in [0.1, 0.15) is 459 Å². The first kappa shape index (κ1) is 102. The van der Waals surface area contributed by atoms with E-state index in [9.17, 15) is 43.4 Å². The van der Waals surface area contributed by atoms with Crippen LogP contribution in [0.15, 0.2) is 0 Å². The van der Waals surface area contributed by atoms with Gasteiger partial charge in [0, 0.05) is 25.8 Å². The molecule has 2 fully saturated rings. The number of ether oxygens (including phenoxy) is 6. The van der Waals surface area contributed by atoms with E-state index >= 15 is 4.79 Å². The highest BCUT2D eigenvalue weighted by Crippen LogP contribution is 2.43. The number of hydrogen-bond acceptors (Lipinski definition) is 15. The highest BCUT2D eigenvalue weighted by Gasteiger charge is 2.53. The van der Waals surface area contributed by atoms with Gasteiger partial charge in [0.25, 0.3) is 0 Å². The van der Waals surface area contributed by atoms with Gasteiger partial charge in [-0.25, -0.2) is 4.57 Å². The van der Waals surface area contributed by atoms with Crippen molar-refractivity contribution >= 4 is 43.5 Å². The van der Waals surface area contributed by atoms with Gasteiger partial charge in [-0.1, -0.05) is 350 Å². The quantitative estimate of drug-likeness (QED) is 0.0191. The average molecular weight is 1570 g/mol. The zero-order valence-electron chi connectivity index (χ0n) is 70.7. The van der Waals surface area contributed by atoms with Crippen molar-refractivity contribution in [3.63, 3.8) is 0 Å². The molecule has 20 heteroatoms. The van der Waals surface area contributed by atoms with Crippen LogP contribution < -0.4 is 5.32 Å². The van der Waals surface area contributed by atoms with Gasteiger partial charge in [-0.05, 0) is 70.6 Å². The van der Waals surface area contributed by atoms with E-state index in [0.717, 1.165) is 154 Å². The lowest BCUT2D eigenvalue weighted by Gasteiger charge is -2.45. The molecule has 2 aliphatic heterocycles. The first-order valence-electron chi connectivity index (χ1n) is 46.0. The average Bonchev–Trinajstić information content (AvgIpc) is 0.793. The fraction of sp³-hybridized carbons (Fsp3) is 0.933. The van der Waals surface area contributed by atoms with Crippen molar-refractivity contribution in [2.24, 2.45) is 0 Å². The largest absolute Gasteiger partial charge is 0.470 e. The Bertz CT molecular complexity index is 2260. The molecule has 109 heavy (non-hydrogen) atoms. The Labute approximate surface area is 665 Å². The molecule has 0 radical (unpaired) electrons. The molecular formula is C89H167N2O17P. The summed E-state index contributed by atoms with van der Waals surface area (Å²) in [6.45, 7) is 12.6. The molecule has 9 atom stereocenters. The Morgan fingerprint density at radius 2 is 0.725 bits per heavy atom. The van der Waals surface area contributed by atoms with Crippen LogP contribution in [-0.2, 0) is 66.3 Å². The number of amides is 2. The van der Waals surface area contributed by atoms with Crippen molar-refractivity contribution < 1.29 is 81.2 Å². The van der Waals surface area contributed by atoms with Crippen molar-refractivity contribution in [1.82, 2.24) is 10.2 Å². The van der Waals surface area contributed by atoms with E-state index in [2.05, 4.69) is 46.9 Å². The van der Waals surface area contributed by atoms with E-state index < -0.39 is 99.7 Å². The Morgan fingerprint density at radius 1 is 0.413 bits per heavy atom. The number of aliphatic hydroxyl groups excluding tert-OH is 1. The number of aliphatic hydroxyl groups is 1. The monoisotopic (exact) mass is 1570 g/mol. The van der Waals surface area contributed by atoms with Crippen molar-refractivity contribution in [3.8, 4) is 0 Å². The van der Waals surface area contributed by atoms with Crippen LogP contribution in [0.2, 0.25) is 0 Å². The number of carbonyl (C=O) groups is 6. The van der Waals surface area contributed by atoms with Crippen molar-refractivity contribution in [3.05, 3.63) is 0 Å². The number of likely N-dealkylation sites (tertiary alicyclic amines) is 1. The second-order valence-electron chi connectivity index (χ2n) is 32.6. The van der Waals surface area contributed by atoms with Crippen LogP contribution in [0.5, 0.6) is 0 Å². The smallest absolute Gasteiger partial charge is 0.462 e. The molecule has 0 spiro atoms. The SMILES string of the molecule is CCCCCCCCCCCC(=O)O[C@H](CCCCCCCCCCC)CC(=O)N[C@H]1C(OCC2CCCN2C(=O)C[C@@H](CCCCCCCCCCC)OC(=O)CCCCCCCCCCC)O[C@H](CO)C(OP(=O)(O)O)[C@@H]1OC(=O)C[C@@H](CCCCCCCCCCC)OC(=O)CCCCCCCCCCC. The van der Waals surface area contributed by atoms with Gasteiger partial charge in [0.1, 0.15) is 36.6 Å². The maximum absolute atomic E-state index is 15.0. The lowest BCUT2D eigenvalue weighted by molar-refractivity contribution is -0.273. The third-order valence-electron chi connectivity index (χ3n) is 22.3. The molecule has 3 unspecified atom stereocenters. The second kappa shape index (κ2) is 70.2. The van der Waals surface area contributed by atoms with E-state index in [1.807, 2.05) is 0 Å². The van der Waals surface area contributed by atoms with Gasteiger partial charge in [0.15, 0.2) is 12.4 Å². The predicted molar refractivity (Wildman–Crippen MR) is 440 cm³/mol. The van der Waals surface area contributed by atoms with E-state index in [-0.39, 0.29) is 44.2 Å². The molecule has 0 saturated carbocycles. The van der Waals surface area contributed by atoms with Gasteiger partial charge in [-0.15, -0.1) is 0 Å². The summed E-state index contributed by atoms with van der Waals surface area (Å²) >= 11 is 0. The Morgan fingerprint density at radius 3 is 1.06 bits per heavy atom. The summed E-state index contributed by atoms with van der Waals surface area (Å²) in [5.74, 6) is -2.91. The second-order valence-corrected chi connectivity index (χ2v) is 33.8. The lowest BCUT2D eigenvalue weighted by atomic mass is 9.95. The lowest BCUT2D eigenvalue weighted by Crippen LogP contribution is -2.66. The van der Waals surface area contributed by atoms with Crippen LogP contribution in [-0.4, -0.2) is 130 Å². The summed E-state index contributed by atoms with van der Waals surface area (Å²) in [7, 11) is -5.48. The van der Waals surface area contributed by atoms with E-state index in [1.54, 1.807) is 4.90 Å². The Balaban J connectivity index is 2.62. The van der Waals surface area contributed by atoms with E-state index in [4.69, 9.17) is 32.9 Å². The third-order valence-corrected chi connectivity index (χ3v) is 22.8. The van der Waals surface area contributed by atoms with Crippen molar-refractivity contribution in [1.29, 1.82) is 0 Å². The molecule has 2 heterocycles. The summed E-state index contributed by atoms with van der Waals surface area (Å²) in [4.78, 5) is 109. The first-order valence-corrected chi connectivity index (χ1v) is 47.5. The molecule has 0 aromatic carbocycles. The minimum Gasteiger partial charge on any atom is -0.462 e. The van der Waals surface area contributed by atoms with Gasteiger partial charge in [0.05, 0.1) is 38.5 Å². The minimum absolute atomic E-state index is 0.0136. The number of rotatable bonds is 77. The zero-order valence-corrected chi connectivity index (χ0v) is 71.6. The summed E-state index contributed by atoms with van der Waals surface area (Å²) in [6, 6.07) is -2.10. The number of phosphoric ester groups is 1. The number of carbonyl (C=O) groups excluding carboxylic acids is 6. The van der Waals surface area contributed by atoms with Gasteiger partial charge < -0.3 is 53.5 Å². The van der Waals surface area contributed by atoms with Crippen LogP contribution in [0.4, 0.5) is 0 Å². The first-order chi connectivity index (χ1) is 53.0. The molecule has 2 amide bonds. The highest BCUT2D eigenvalue weighted by atomic mass is 31.2. The van der Waals surface area contributed by atoms with Crippen molar-refractivity contribution in [2.75, 3.05) is 19.8 Å². The third kappa shape index (κ3) is 55.9. The predicted octanol–water partition coefficient (Wildman–Crippen LogP) is 23.0. The summed E-state index contributed by atoms with van der Waals surface area (Å²) in [6.07, 6.45) is 51.6. The minimum atomic E-state index is -5.48. The van der Waals surface area contributed by atoms with Crippen LogP contribution in [0, 0.1) is 0 Å². The number of unbranched alkanes of at least 4 members (excludes halogenated alkanes) is 48. The van der Waals surface area contributed by atoms with E-state index in [1.165, 1.54) is 167 Å². The maximum atomic E-state index is 15.0. The van der Waals surface area contributed by atoms with E-state index in [0.29, 0.717) is 70.8 Å². The molecule has 19 nitrogen and oxygen atoms in total. The molecular weight excluding hydrogens is 1400 g/mol. The highest BCUT2D eigenvalue weighted by molar-refractivity contribution is 7.46.